The minimum atomic E-state index is -0.332. The fourth-order valence-electron chi connectivity index (χ4n) is 1.63. The minimum absolute atomic E-state index is 0.0586. The van der Waals surface area contributed by atoms with Crippen LogP contribution in [0.5, 0.6) is 11.5 Å². The number of fused-ring (bicyclic) bond motifs is 1. The highest BCUT2D eigenvalue weighted by molar-refractivity contribution is 5.82. The third-order valence-corrected chi connectivity index (χ3v) is 2.40. The number of hydrogen-bond acceptors (Lipinski definition) is 3. The lowest BCUT2D eigenvalue weighted by atomic mass is 10.1. The maximum absolute atomic E-state index is 11.1. The molecule has 3 nitrogen and oxygen atoms in total. The molecule has 74 valence electrons. The van der Waals surface area contributed by atoms with E-state index in [9.17, 15) is 4.79 Å². The van der Waals surface area contributed by atoms with Crippen molar-refractivity contribution in [3.63, 3.8) is 0 Å². The first-order chi connectivity index (χ1) is 6.72. The first kappa shape index (κ1) is 9.06. The van der Waals surface area contributed by atoms with E-state index in [-0.39, 0.29) is 11.9 Å². The molecule has 0 spiro atoms. The fourth-order valence-corrected chi connectivity index (χ4v) is 1.63. The molecular weight excluding hydrogens is 180 g/mol. The van der Waals surface area contributed by atoms with E-state index in [4.69, 9.17) is 9.47 Å². The topological polar surface area (TPSA) is 35.5 Å². The fraction of sp³-hybridized carbons (Fsp3) is 0.364. The Morgan fingerprint density at radius 3 is 3.00 bits per heavy atom. The molecular formula is C11H12O3. The second-order valence-electron chi connectivity index (χ2n) is 3.37. The lowest BCUT2D eigenvalue weighted by molar-refractivity contribution is -0.122. The molecule has 0 radical (unpaired) electrons. The van der Waals surface area contributed by atoms with Gasteiger partial charge in [-0.15, -0.1) is 0 Å². The first-order valence-electron chi connectivity index (χ1n) is 4.55. The zero-order valence-corrected chi connectivity index (χ0v) is 8.24. The van der Waals surface area contributed by atoms with Gasteiger partial charge in [-0.3, -0.25) is 4.79 Å². The molecule has 1 aromatic carbocycles. The quantitative estimate of drug-likeness (QED) is 0.713. The van der Waals surface area contributed by atoms with E-state index >= 15 is 0 Å². The molecule has 0 bridgehead atoms. The van der Waals surface area contributed by atoms with Crippen molar-refractivity contribution in [2.75, 3.05) is 7.11 Å². The number of methoxy groups -OCH3 is 1. The summed E-state index contributed by atoms with van der Waals surface area (Å²) < 4.78 is 10.7. The molecule has 1 aromatic rings. The molecule has 1 atom stereocenters. The lowest BCUT2D eigenvalue weighted by Crippen LogP contribution is -2.22. The van der Waals surface area contributed by atoms with E-state index in [1.165, 1.54) is 0 Å². The predicted molar refractivity (Wildman–Crippen MR) is 51.8 cm³/mol. The smallest absolute Gasteiger partial charge is 0.170 e. The maximum atomic E-state index is 11.1. The molecule has 0 saturated carbocycles. The average Bonchev–Trinajstić information content (AvgIpc) is 2.60. The minimum Gasteiger partial charge on any atom is -0.493 e. The highest BCUT2D eigenvalue weighted by atomic mass is 16.5. The Morgan fingerprint density at radius 2 is 2.36 bits per heavy atom. The Morgan fingerprint density at radius 1 is 1.57 bits per heavy atom. The summed E-state index contributed by atoms with van der Waals surface area (Å²) in [6.45, 7) is 1.54. The van der Waals surface area contributed by atoms with Gasteiger partial charge in [0.2, 0.25) is 0 Å². The second kappa shape index (κ2) is 3.33. The third-order valence-electron chi connectivity index (χ3n) is 2.40. The van der Waals surface area contributed by atoms with Crippen molar-refractivity contribution in [3.8, 4) is 11.5 Å². The molecule has 0 unspecified atom stereocenters. The SMILES string of the molecule is COc1cccc2c1O[C@@H](C(C)=O)C2. The van der Waals surface area contributed by atoms with E-state index in [0.717, 1.165) is 11.3 Å². The van der Waals surface area contributed by atoms with Crippen molar-refractivity contribution < 1.29 is 14.3 Å². The summed E-state index contributed by atoms with van der Waals surface area (Å²) in [5.74, 6) is 1.48. The van der Waals surface area contributed by atoms with Crippen LogP contribution in [0.25, 0.3) is 0 Å². The van der Waals surface area contributed by atoms with Crippen LogP contribution in [0.3, 0.4) is 0 Å². The molecule has 0 aromatic heterocycles. The van der Waals surface area contributed by atoms with Crippen LogP contribution in [0, 0.1) is 0 Å². The Hall–Kier alpha value is -1.51. The van der Waals surface area contributed by atoms with Gasteiger partial charge in [0.1, 0.15) is 0 Å². The summed E-state index contributed by atoms with van der Waals surface area (Å²) in [4.78, 5) is 11.1. The van der Waals surface area contributed by atoms with Gasteiger partial charge in [-0.05, 0) is 13.0 Å². The van der Waals surface area contributed by atoms with Gasteiger partial charge in [0, 0.05) is 12.0 Å². The number of carbonyl (C=O) groups excluding carboxylic acids is 1. The molecule has 0 fully saturated rings. The average molecular weight is 192 g/mol. The molecule has 14 heavy (non-hydrogen) atoms. The first-order valence-corrected chi connectivity index (χ1v) is 4.55. The van der Waals surface area contributed by atoms with Gasteiger partial charge in [0.15, 0.2) is 23.4 Å². The van der Waals surface area contributed by atoms with Crippen LogP contribution in [0.15, 0.2) is 18.2 Å². The maximum Gasteiger partial charge on any atom is 0.170 e. The summed E-state index contributed by atoms with van der Waals surface area (Å²) in [5, 5.41) is 0. The van der Waals surface area contributed by atoms with E-state index < -0.39 is 0 Å². The number of rotatable bonds is 2. The van der Waals surface area contributed by atoms with Crippen LogP contribution in [0.4, 0.5) is 0 Å². The Bertz CT molecular complexity index is 371. The molecule has 0 N–H and O–H groups in total. The van der Waals surface area contributed by atoms with Crippen LogP contribution in [-0.2, 0) is 11.2 Å². The van der Waals surface area contributed by atoms with Crippen molar-refractivity contribution in [3.05, 3.63) is 23.8 Å². The molecule has 0 aliphatic carbocycles. The van der Waals surface area contributed by atoms with Crippen molar-refractivity contribution >= 4 is 5.78 Å². The predicted octanol–water partition coefficient (Wildman–Crippen LogP) is 1.59. The van der Waals surface area contributed by atoms with E-state index in [1.54, 1.807) is 14.0 Å². The number of para-hydroxylation sites is 1. The molecule has 1 heterocycles. The lowest BCUT2D eigenvalue weighted by Gasteiger charge is -2.08. The Balaban J connectivity index is 2.34. The monoisotopic (exact) mass is 192 g/mol. The van der Waals surface area contributed by atoms with Gasteiger partial charge in [-0.1, -0.05) is 12.1 Å². The van der Waals surface area contributed by atoms with E-state index in [0.29, 0.717) is 12.2 Å². The molecule has 1 aliphatic heterocycles. The van der Waals surface area contributed by atoms with E-state index in [1.807, 2.05) is 18.2 Å². The zero-order chi connectivity index (χ0) is 10.1. The molecule has 0 saturated heterocycles. The number of carbonyl (C=O) groups is 1. The van der Waals surface area contributed by atoms with Crippen molar-refractivity contribution in [1.82, 2.24) is 0 Å². The van der Waals surface area contributed by atoms with Gasteiger partial charge in [-0.2, -0.15) is 0 Å². The van der Waals surface area contributed by atoms with Crippen molar-refractivity contribution in [2.45, 2.75) is 19.4 Å². The molecule has 0 amide bonds. The Kier molecular flexibility index (Phi) is 2.15. The summed E-state index contributed by atoms with van der Waals surface area (Å²) >= 11 is 0. The van der Waals surface area contributed by atoms with Crippen LogP contribution in [0.1, 0.15) is 12.5 Å². The number of Topliss-reactive ketones (excluding diaryl/α,β-unsaturated/α-hetero) is 1. The van der Waals surface area contributed by atoms with Gasteiger partial charge in [0.05, 0.1) is 7.11 Å². The normalized spacial score (nSPS) is 18.6. The van der Waals surface area contributed by atoms with Gasteiger partial charge < -0.3 is 9.47 Å². The molecule has 1 aliphatic rings. The van der Waals surface area contributed by atoms with Crippen LogP contribution >= 0.6 is 0 Å². The highest BCUT2D eigenvalue weighted by Gasteiger charge is 2.28. The number of ether oxygens (including phenoxy) is 2. The molecule has 3 heteroatoms. The van der Waals surface area contributed by atoms with Gasteiger partial charge in [-0.25, -0.2) is 0 Å². The van der Waals surface area contributed by atoms with Crippen LogP contribution in [0.2, 0.25) is 0 Å². The Labute approximate surface area is 82.6 Å². The summed E-state index contributed by atoms with van der Waals surface area (Å²) in [7, 11) is 1.60. The highest BCUT2D eigenvalue weighted by Crippen LogP contribution is 2.37. The van der Waals surface area contributed by atoms with Crippen molar-refractivity contribution in [1.29, 1.82) is 0 Å². The molecule has 2 rings (SSSR count). The summed E-state index contributed by atoms with van der Waals surface area (Å²) in [6.07, 6.45) is 0.322. The van der Waals surface area contributed by atoms with E-state index in [2.05, 4.69) is 0 Å². The van der Waals surface area contributed by atoms with Crippen molar-refractivity contribution in [2.24, 2.45) is 0 Å². The summed E-state index contributed by atoms with van der Waals surface area (Å²) in [6, 6.07) is 5.70. The second-order valence-corrected chi connectivity index (χ2v) is 3.37. The number of ketones is 1. The number of benzene rings is 1. The zero-order valence-electron chi connectivity index (χ0n) is 8.24. The van der Waals surface area contributed by atoms with Crippen LogP contribution in [-0.4, -0.2) is 19.0 Å². The van der Waals surface area contributed by atoms with Gasteiger partial charge >= 0.3 is 0 Å². The van der Waals surface area contributed by atoms with Crippen LogP contribution < -0.4 is 9.47 Å². The summed E-state index contributed by atoms with van der Waals surface area (Å²) in [5.41, 5.74) is 1.05. The van der Waals surface area contributed by atoms with Gasteiger partial charge in [0.25, 0.3) is 0 Å². The largest absolute Gasteiger partial charge is 0.493 e. The number of hydrogen-bond donors (Lipinski definition) is 0. The standard InChI is InChI=1S/C11H12O3/c1-7(12)10-6-8-4-3-5-9(13-2)11(8)14-10/h3-5,10H,6H2,1-2H3/t10-/m1/s1. The third kappa shape index (κ3) is 1.35.